The Balaban J connectivity index is 2.10. The fraction of sp³-hybridized carbons (Fsp3) is 0.385. The van der Waals surface area contributed by atoms with Crippen LogP contribution >= 0.6 is 0 Å². The first-order chi connectivity index (χ1) is 16.7. The summed E-state index contributed by atoms with van der Waals surface area (Å²) in [5, 5.41) is 19.0. The average Bonchev–Trinajstić information content (AvgIpc) is 3.11. The smallest absolute Gasteiger partial charge is 0.234 e. The number of carbonyl (C=O) groups is 2. The minimum Gasteiger partial charge on any atom is -0.393 e. The van der Waals surface area contributed by atoms with Gasteiger partial charge < -0.3 is 21.1 Å². The molecule has 3 rings (SSSR count). The van der Waals surface area contributed by atoms with E-state index in [2.05, 4.69) is 17.8 Å². The Kier molecular flexibility index (Phi) is 8.35. The molecule has 0 saturated carbocycles. The van der Waals surface area contributed by atoms with E-state index < -0.39 is 11.9 Å². The second-order valence-corrected chi connectivity index (χ2v) is 8.98. The minimum absolute atomic E-state index is 0.0881. The van der Waals surface area contributed by atoms with Crippen LogP contribution in [-0.2, 0) is 4.79 Å². The number of hydrogen-bond acceptors (Lipinski definition) is 7. The minimum atomic E-state index is -0.832. The molecule has 2 aromatic rings. The van der Waals surface area contributed by atoms with E-state index in [-0.39, 0.29) is 24.9 Å². The van der Waals surface area contributed by atoms with E-state index in [1.165, 1.54) is 0 Å². The number of Topliss-reactive ketones (excluding diaryl/α,β-unsaturated/α-hetero) is 1. The SMILES string of the molecule is C=Nc1c(C(=O)CN2CCC(O)CC2)c(C)n(-c2ccc(C#N)cc2)c1/C=C(\C)CC(N)C(N)=O. The number of rotatable bonds is 9. The molecular formula is C26H32N6O3. The number of aliphatic hydroxyl groups excluding tert-OH is 1. The van der Waals surface area contributed by atoms with Crippen molar-refractivity contribution in [2.45, 2.75) is 45.3 Å². The van der Waals surface area contributed by atoms with Crippen molar-refractivity contribution >= 4 is 30.2 Å². The van der Waals surface area contributed by atoms with Gasteiger partial charge in [-0.3, -0.25) is 19.5 Å². The number of carbonyl (C=O) groups excluding carboxylic acids is 2. The topological polar surface area (TPSA) is 151 Å². The molecule has 1 saturated heterocycles. The van der Waals surface area contributed by atoms with Crippen LogP contribution in [0.3, 0.4) is 0 Å². The zero-order chi connectivity index (χ0) is 25.7. The molecular weight excluding hydrogens is 444 g/mol. The van der Waals surface area contributed by atoms with Crippen molar-refractivity contribution in [1.29, 1.82) is 5.26 Å². The molecule has 9 nitrogen and oxygen atoms in total. The molecule has 1 amide bonds. The van der Waals surface area contributed by atoms with E-state index in [1.54, 1.807) is 24.3 Å². The third-order valence-corrected chi connectivity index (χ3v) is 6.32. The Morgan fingerprint density at radius 1 is 1.31 bits per heavy atom. The van der Waals surface area contributed by atoms with E-state index in [9.17, 15) is 20.0 Å². The van der Waals surface area contributed by atoms with E-state index in [1.807, 2.05) is 29.4 Å². The molecule has 0 bridgehead atoms. The van der Waals surface area contributed by atoms with Crippen LogP contribution in [0.4, 0.5) is 5.69 Å². The zero-order valence-electron chi connectivity index (χ0n) is 20.2. The second-order valence-electron chi connectivity index (χ2n) is 8.98. The molecule has 0 spiro atoms. The van der Waals surface area contributed by atoms with E-state index >= 15 is 0 Å². The molecule has 1 unspecified atom stereocenters. The molecule has 1 atom stereocenters. The van der Waals surface area contributed by atoms with Crippen LogP contribution in [0, 0.1) is 18.3 Å². The summed E-state index contributed by atoms with van der Waals surface area (Å²) in [6.45, 7) is 8.92. The number of ketones is 1. The van der Waals surface area contributed by atoms with Gasteiger partial charge in [-0.1, -0.05) is 5.57 Å². The van der Waals surface area contributed by atoms with Gasteiger partial charge in [-0.15, -0.1) is 0 Å². The first kappa shape index (κ1) is 26.0. The van der Waals surface area contributed by atoms with Crippen LogP contribution in [0.1, 0.15) is 53.5 Å². The van der Waals surface area contributed by atoms with Gasteiger partial charge in [0.25, 0.3) is 0 Å². The summed E-state index contributed by atoms with van der Waals surface area (Å²) in [4.78, 5) is 31.2. The second kappa shape index (κ2) is 11.2. The number of nitrogens with two attached hydrogens (primary N) is 2. The predicted octanol–water partition coefficient (Wildman–Crippen LogP) is 2.23. The largest absolute Gasteiger partial charge is 0.393 e. The van der Waals surface area contributed by atoms with E-state index in [4.69, 9.17) is 11.5 Å². The van der Waals surface area contributed by atoms with Gasteiger partial charge >= 0.3 is 0 Å². The average molecular weight is 477 g/mol. The molecule has 9 heteroatoms. The lowest BCUT2D eigenvalue weighted by Gasteiger charge is -2.28. The standard InChI is InChI=1S/C26H32N6O3/c1-16(12-21(28)26(29)35)13-22-25(30-3)24(23(34)15-31-10-8-20(33)9-11-31)17(2)32(22)19-6-4-18(14-27)5-7-19/h4-7,13,20-21,33H,3,8-12,15,28H2,1-2H3,(H2,29,35)/b16-13+. The molecule has 184 valence electrons. The Morgan fingerprint density at radius 2 is 1.94 bits per heavy atom. The molecule has 5 N–H and O–H groups in total. The number of piperidine rings is 1. The molecule has 1 aromatic carbocycles. The highest BCUT2D eigenvalue weighted by molar-refractivity contribution is 6.05. The summed E-state index contributed by atoms with van der Waals surface area (Å²) >= 11 is 0. The summed E-state index contributed by atoms with van der Waals surface area (Å²) in [5.41, 5.74) is 15.5. The van der Waals surface area contributed by atoms with E-state index in [0.29, 0.717) is 54.1 Å². The lowest BCUT2D eigenvalue weighted by atomic mass is 10.0. The summed E-state index contributed by atoms with van der Waals surface area (Å²) < 4.78 is 1.90. The van der Waals surface area contributed by atoms with Gasteiger partial charge in [0.15, 0.2) is 5.78 Å². The van der Waals surface area contributed by atoms with Gasteiger partial charge in [0.2, 0.25) is 5.91 Å². The van der Waals surface area contributed by atoms with Crippen molar-refractivity contribution < 1.29 is 14.7 Å². The van der Waals surface area contributed by atoms with Crippen LogP contribution in [-0.4, -0.2) is 64.8 Å². The lowest BCUT2D eigenvalue weighted by Crippen LogP contribution is -2.39. The summed E-state index contributed by atoms with van der Waals surface area (Å²) in [5.74, 6) is -0.684. The third-order valence-electron chi connectivity index (χ3n) is 6.32. The highest BCUT2D eigenvalue weighted by Gasteiger charge is 2.27. The number of aromatic nitrogens is 1. The maximum atomic E-state index is 13.5. The van der Waals surface area contributed by atoms with Gasteiger partial charge in [0.1, 0.15) is 0 Å². The number of benzene rings is 1. The van der Waals surface area contributed by atoms with Gasteiger partial charge in [-0.05, 0) is 70.2 Å². The Bertz CT molecular complexity index is 1180. The Hall–Kier alpha value is -3.58. The highest BCUT2D eigenvalue weighted by Crippen LogP contribution is 2.36. The number of hydrogen-bond donors (Lipinski definition) is 3. The molecule has 35 heavy (non-hydrogen) atoms. The normalized spacial score (nSPS) is 16.0. The molecule has 0 radical (unpaired) electrons. The Morgan fingerprint density at radius 3 is 2.49 bits per heavy atom. The van der Waals surface area contributed by atoms with Gasteiger partial charge in [0.05, 0.1) is 47.3 Å². The van der Waals surface area contributed by atoms with E-state index in [0.717, 1.165) is 11.3 Å². The molecule has 1 aliphatic heterocycles. The van der Waals surface area contributed by atoms with Gasteiger partial charge in [-0.2, -0.15) is 5.26 Å². The maximum absolute atomic E-state index is 13.5. The quantitative estimate of drug-likeness (QED) is 0.373. The van der Waals surface area contributed by atoms with Crippen LogP contribution < -0.4 is 11.5 Å². The molecule has 1 aromatic heterocycles. The lowest BCUT2D eigenvalue weighted by molar-refractivity contribution is -0.119. The van der Waals surface area contributed by atoms with Crippen molar-refractivity contribution in [3.05, 3.63) is 52.4 Å². The van der Waals surface area contributed by atoms with Crippen molar-refractivity contribution in [3.63, 3.8) is 0 Å². The van der Waals surface area contributed by atoms with Crippen molar-refractivity contribution in [3.8, 4) is 11.8 Å². The first-order valence-corrected chi connectivity index (χ1v) is 11.5. The monoisotopic (exact) mass is 476 g/mol. The molecule has 1 fully saturated rings. The van der Waals surface area contributed by atoms with Crippen molar-refractivity contribution in [2.75, 3.05) is 19.6 Å². The Labute approximate surface area is 205 Å². The zero-order valence-corrected chi connectivity index (χ0v) is 20.2. The van der Waals surface area contributed by atoms with Gasteiger partial charge in [-0.25, -0.2) is 0 Å². The summed E-state index contributed by atoms with van der Waals surface area (Å²) in [6, 6.07) is 8.31. The maximum Gasteiger partial charge on any atom is 0.234 e. The van der Waals surface area contributed by atoms with Crippen molar-refractivity contribution in [2.24, 2.45) is 16.5 Å². The van der Waals surface area contributed by atoms with Crippen LogP contribution in [0.5, 0.6) is 0 Å². The fourth-order valence-corrected chi connectivity index (χ4v) is 4.44. The molecule has 2 heterocycles. The predicted molar refractivity (Wildman–Crippen MR) is 136 cm³/mol. The number of likely N-dealkylation sites (tertiary alicyclic amines) is 1. The first-order valence-electron chi connectivity index (χ1n) is 11.5. The van der Waals surface area contributed by atoms with Crippen LogP contribution in [0.2, 0.25) is 0 Å². The molecule has 0 aliphatic carbocycles. The third kappa shape index (κ3) is 5.92. The van der Waals surface area contributed by atoms with Crippen LogP contribution in [0.25, 0.3) is 11.8 Å². The number of nitrogens with zero attached hydrogens (tertiary/aromatic N) is 4. The number of nitriles is 1. The molecule has 1 aliphatic rings. The summed E-state index contributed by atoms with van der Waals surface area (Å²) in [7, 11) is 0. The number of amides is 1. The highest BCUT2D eigenvalue weighted by atomic mass is 16.3. The number of primary amides is 1. The van der Waals surface area contributed by atoms with Gasteiger partial charge in [0, 0.05) is 24.5 Å². The van der Waals surface area contributed by atoms with Crippen molar-refractivity contribution in [1.82, 2.24) is 9.47 Å². The summed E-state index contributed by atoms with van der Waals surface area (Å²) in [6.07, 6.45) is 3.04. The van der Waals surface area contributed by atoms with Crippen LogP contribution in [0.15, 0.2) is 34.8 Å². The number of aliphatic hydroxyl groups is 1. The number of aliphatic imine (C=N–C) groups is 1. The fourth-order valence-electron chi connectivity index (χ4n) is 4.44.